The number of hydrogen-bond acceptors (Lipinski definition) is 3. The van der Waals surface area contributed by atoms with E-state index in [4.69, 9.17) is 5.73 Å². The maximum atomic E-state index is 12.1. The second kappa shape index (κ2) is 3.46. The van der Waals surface area contributed by atoms with Crippen LogP contribution >= 0.6 is 0 Å². The summed E-state index contributed by atoms with van der Waals surface area (Å²) in [4.78, 5) is 16.2. The average Bonchev–Trinajstić information content (AvgIpc) is 2.77. The van der Waals surface area contributed by atoms with Crippen molar-refractivity contribution in [2.24, 2.45) is 23.7 Å². The Hall–Kier alpha value is -1.58. The minimum absolute atomic E-state index is 0.0684. The molecule has 0 saturated heterocycles. The summed E-state index contributed by atoms with van der Waals surface area (Å²) >= 11 is 0. The van der Waals surface area contributed by atoms with Gasteiger partial charge in [0.05, 0.1) is 0 Å². The number of anilines is 1. The van der Waals surface area contributed by atoms with Gasteiger partial charge in [-0.1, -0.05) is 0 Å². The van der Waals surface area contributed by atoms with Gasteiger partial charge in [-0.05, 0) is 55.1 Å². The largest absolute Gasteiger partial charge is 0.399 e. The molecule has 4 unspecified atom stereocenters. The third-order valence-electron chi connectivity index (χ3n) is 5.05. The summed E-state index contributed by atoms with van der Waals surface area (Å²) in [7, 11) is 0. The number of carbonyl (C=O) groups excluding carboxylic acids is 1. The minimum atomic E-state index is -0.0684. The van der Waals surface area contributed by atoms with E-state index < -0.39 is 0 Å². The number of nitrogens with two attached hydrogens (primary N) is 1. The molecule has 0 aliphatic heterocycles. The van der Waals surface area contributed by atoms with E-state index >= 15 is 0 Å². The van der Waals surface area contributed by atoms with Crippen LogP contribution in [0.4, 0.5) is 5.69 Å². The summed E-state index contributed by atoms with van der Waals surface area (Å²) in [6.07, 6.45) is 5.73. The zero-order valence-corrected chi connectivity index (χ0v) is 10.2. The van der Waals surface area contributed by atoms with Gasteiger partial charge in [-0.25, -0.2) is 0 Å². The number of hydrogen-bond donors (Lipinski definition) is 2. The Bertz CT molecular complexity index is 500. The summed E-state index contributed by atoms with van der Waals surface area (Å²) in [6, 6.07) is 3.75. The number of aromatic nitrogens is 1. The quantitative estimate of drug-likeness (QED) is 0.825. The number of pyridine rings is 1. The lowest BCUT2D eigenvalue weighted by molar-refractivity contribution is 0.0939. The smallest absolute Gasteiger partial charge is 0.270 e. The fourth-order valence-electron chi connectivity index (χ4n) is 4.31. The van der Waals surface area contributed by atoms with Crippen LogP contribution in [-0.2, 0) is 0 Å². The van der Waals surface area contributed by atoms with Crippen LogP contribution in [0.25, 0.3) is 0 Å². The topological polar surface area (TPSA) is 68.0 Å². The zero-order valence-electron chi connectivity index (χ0n) is 10.2. The predicted molar refractivity (Wildman–Crippen MR) is 67.7 cm³/mol. The SMILES string of the molecule is Nc1ccnc(C(=O)NC2C3C4CCC(C4)C23)c1. The predicted octanol–water partition coefficient (Wildman–Crippen LogP) is 1.44. The van der Waals surface area contributed by atoms with E-state index in [0.717, 1.165) is 23.7 Å². The maximum Gasteiger partial charge on any atom is 0.270 e. The third-order valence-corrected chi connectivity index (χ3v) is 5.05. The molecule has 3 N–H and O–H groups in total. The van der Waals surface area contributed by atoms with Crippen LogP contribution in [0.1, 0.15) is 29.8 Å². The third kappa shape index (κ3) is 1.38. The summed E-state index contributed by atoms with van der Waals surface area (Å²) in [5.41, 5.74) is 6.70. The number of fused-ring (bicyclic) bond motifs is 5. The Labute approximate surface area is 106 Å². The van der Waals surface area contributed by atoms with Gasteiger partial charge < -0.3 is 11.1 Å². The summed E-state index contributed by atoms with van der Waals surface area (Å²) in [5.74, 6) is 3.20. The molecular formula is C14H17N3O. The first-order valence-corrected chi connectivity index (χ1v) is 6.76. The second-order valence-electron chi connectivity index (χ2n) is 5.96. The van der Waals surface area contributed by atoms with Crippen molar-refractivity contribution in [3.05, 3.63) is 24.0 Å². The van der Waals surface area contributed by atoms with Gasteiger partial charge >= 0.3 is 0 Å². The summed E-state index contributed by atoms with van der Waals surface area (Å²) in [6.45, 7) is 0. The van der Waals surface area contributed by atoms with E-state index in [1.54, 1.807) is 18.3 Å². The number of nitrogens with zero attached hydrogens (tertiary/aromatic N) is 1. The molecule has 1 heterocycles. The number of nitrogens with one attached hydrogen (secondary N) is 1. The van der Waals surface area contributed by atoms with Crippen LogP contribution in [-0.4, -0.2) is 16.9 Å². The molecule has 1 aromatic rings. The molecule has 3 aliphatic carbocycles. The first kappa shape index (κ1) is 10.4. The molecule has 4 nitrogen and oxygen atoms in total. The van der Waals surface area contributed by atoms with E-state index in [-0.39, 0.29) is 5.91 Å². The van der Waals surface area contributed by atoms with E-state index in [2.05, 4.69) is 10.3 Å². The van der Waals surface area contributed by atoms with Gasteiger partial charge in [0.15, 0.2) is 0 Å². The molecule has 4 heteroatoms. The van der Waals surface area contributed by atoms with Crippen molar-refractivity contribution < 1.29 is 4.79 Å². The van der Waals surface area contributed by atoms with Gasteiger partial charge in [0.2, 0.25) is 0 Å². The molecule has 94 valence electrons. The van der Waals surface area contributed by atoms with E-state index in [1.807, 2.05) is 0 Å². The number of nitrogen functional groups attached to an aromatic ring is 1. The fourth-order valence-corrected chi connectivity index (χ4v) is 4.31. The van der Waals surface area contributed by atoms with E-state index in [0.29, 0.717) is 17.4 Å². The van der Waals surface area contributed by atoms with E-state index in [9.17, 15) is 4.79 Å². The average molecular weight is 243 g/mol. The van der Waals surface area contributed by atoms with Crippen molar-refractivity contribution in [1.29, 1.82) is 0 Å². The molecule has 3 aliphatic rings. The molecule has 0 aromatic carbocycles. The Morgan fingerprint density at radius 2 is 2.06 bits per heavy atom. The van der Waals surface area contributed by atoms with Crippen molar-refractivity contribution in [2.45, 2.75) is 25.3 Å². The van der Waals surface area contributed by atoms with Crippen molar-refractivity contribution in [3.8, 4) is 0 Å². The van der Waals surface area contributed by atoms with Crippen molar-refractivity contribution in [1.82, 2.24) is 10.3 Å². The zero-order chi connectivity index (χ0) is 12.3. The monoisotopic (exact) mass is 243 g/mol. The van der Waals surface area contributed by atoms with Gasteiger partial charge in [0.1, 0.15) is 5.69 Å². The molecule has 0 radical (unpaired) electrons. The van der Waals surface area contributed by atoms with Crippen molar-refractivity contribution in [2.75, 3.05) is 5.73 Å². The molecule has 4 atom stereocenters. The van der Waals surface area contributed by atoms with Gasteiger partial charge in [-0.3, -0.25) is 9.78 Å². The Kier molecular flexibility index (Phi) is 1.99. The maximum absolute atomic E-state index is 12.1. The van der Waals surface area contributed by atoms with Crippen molar-refractivity contribution >= 4 is 11.6 Å². The van der Waals surface area contributed by atoms with Gasteiger partial charge in [-0.2, -0.15) is 0 Å². The fraction of sp³-hybridized carbons (Fsp3) is 0.571. The Balaban J connectivity index is 1.46. The van der Waals surface area contributed by atoms with Gasteiger partial charge in [0, 0.05) is 17.9 Å². The molecule has 2 bridgehead atoms. The normalized spacial score (nSPS) is 39.4. The van der Waals surface area contributed by atoms with Crippen LogP contribution in [0.5, 0.6) is 0 Å². The standard InChI is InChI=1S/C14H17N3O/c15-9-3-4-16-10(6-9)14(18)17-13-11-7-1-2-8(5-7)12(11)13/h3-4,6-8,11-13H,1-2,5H2,(H2,15,16)(H,17,18). The van der Waals surface area contributed by atoms with Crippen LogP contribution in [0.2, 0.25) is 0 Å². The molecule has 1 aromatic heterocycles. The van der Waals surface area contributed by atoms with Crippen LogP contribution < -0.4 is 11.1 Å². The van der Waals surface area contributed by atoms with Crippen LogP contribution in [0.15, 0.2) is 18.3 Å². The molecule has 1 amide bonds. The Morgan fingerprint density at radius 1 is 1.33 bits per heavy atom. The molecule has 18 heavy (non-hydrogen) atoms. The molecule has 3 fully saturated rings. The molecular weight excluding hydrogens is 226 g/mol. The highest BCUT2D eigenvalue weighted by Gasteiger charge is 2.65. The highest BCUT2D eigenvalue weighted by atomic mass is 16.2. The lowest BCUT2D eigenvalue weighted by Crippen LogP contribution is -2.30. The lowest BCUT2D eigenvalue weighted by atomic mass is 10.0. The first-order valence-electron chi connectivity index (χ1n) is 6.76. The number of carbonyl (C=O) groups is 1. The van der Waals surface area contributed by atoms with Crippen LogP contribution in [0, 0.1) is 23.7 Å². The summed E-state index contributed by atoms with van der Waals surface area (Å²) < 4.78 is 0. The van der Waals surface area contributed by atoms with Crippen LogP contribution in [0.3, 0.4) is 0 Å². The van der Waals surface area contributed by atoms with Crippen molar-refractivity contribution in [3.63, 3.8) is 0 Å². The highest BCUT2D eigenvalue weighted by Crippen LogP contribution is 2.65. The summed E-state index contributed by atoms with van der Waals surface area (Å²) in [5, 5.41) is 3.14. The molecule has 3 saturated carbocycles. The Morgan fingerprint density at radius 3 is 2.72 bits per heavy atom. The lowest BCUT2D eigenvalue weighted by Gasteiger charge is -2.10. The minimum Gasteiger partial charge on any atom is -0.399 e. The number of amides is 1. The number of rotatable bonds is 2. The molecule has 4 rings (SSSR count). The second-order valence-corrected chi connectivity index (χ2v) is 5.96. The first-order chi connectivity index (χ1) is 8.74. The van der Waals surface area contributed by atoms with E-state index in [1.165, 1.54) is 19.3 Å². The van der Waals surface area contributed by atoms with Gasteiger partial charge in [-0.15, -0.1) is 0 Å². The van der Waals surface area contributed by atoms with Gasteiger partial charge in [0.25, 0.3) is 5.91 Å². The highest BCUT2D eigenvalue weighted by molar-refractivity contribution is 5.93. The molecule has 0 spiro atoms.